The molecular formula is C24H21FN2O3. The number of benzene rings is 2. The molecule has 1 aromatic heterocycles. The molecule has 0 N–H and O–H groups in total. The Morgan fingerprint density at radius 3 is 3.00 bits per heavy atom. The van der Waals surface area contributed by atoms with Gasteiger partial charge in [-0.15, -0.1) is 0 Å². The maximum absolute atomic E-state index is 14.1. The summed E-state index contributed by atoms with van der Waals surface area (Å²) in [6.07, 6.45) is 6.42. The number of halogens is 1. The van der Waals surface area contributed by atoms with E-state index in [1.165, 1.54) is 19.4 Å². The van der Waals surface area contributed by atoms with E-state index in [1.807, 2.05) is 24.3 Å². The summed E-state index contributed by atoms with van der Waals surface area (Å²) < 4.78 is 24.8. The Hall–Kier alpha value is -3.54. The lowest BCUT2D eigenvalue weighted by Gasteiger charge is -2.25. The van der Waals surface area contributed by atoms with E-state index in [4.69, 9.17) is 9.47 Å². The van der Waals surface area contributed by atoms with Crippen LogP contribution in [0.1, 0.15) is 34.7 Å². The Morgan fingerprint density at radius 1 is 1.30 bits per heavy atom. The van der Waals surface area contributed by atoms with Gasteiger partial charge in [0.2, 0.25) is 0 Å². The zero-order valence-corrected chi connectivity index (χ0v) is 16.5. The first-order chi connectivity index (χ1) is 14.7. The lowest BCUT2D eigenvalue weighted by atomic mass is 9.89. The van der Waals surface area contributed by atoms with Crippen LogP contribution in [0.15, 0.2) is 65.9 Å². The molecule has 4 rings (SSSR count). The number of ether oxygens (including phenoxy) is 2. The number of nitrogens with zero attached hydrogens (tertiary/aromatic N) is 2. The molecule has 1 atom stereocenters. The summed E-state index contributed by atoms with van der Waals surface area (Å²) >= 11 is 0. The van der Waals surface area contributed by atoms with Gasteiger partial charge in [-0.05, 0) is 48.1 Å². The van der Waals surface area contributed by atoms with Crippen molar-refractivity contribution in [3.63, 3.8) is 0 Å². The van der Waals surface area contributed by atoms with Crippen molar-refractivity contribution in [3.05, 3.63) is 77.9 Å². The maximum Gasteiger partial charge on any atom is 0.340 e. The number of esters is 1. The summed E-state index contributed by atoms with van der Waals surface area (Å²) in [5.41, 5.74) is 3.28. The number of aromatic nitrogens is 1. The van der Waals surface area contributed by atoms with Gasteiger partial charge < -0.3 is 9.47 Å². The number of carbonyl (C=O) groups excluding carboxylic acids is 1. The van der Waals surface area contributed by atoms with E-state index in [9.17, 15) is 9.18 Å². The number of pyridine rings is 1. The molecule has 3 aromatic rings. The van der Waals surface area contributed by atoms with Crippen molar-refractivity contribution in [1.82, 2.24) is 4.98 Å². The Kier molecular flexibility index (Phi) is 5.84. The van der Waals surface area contributed by atoms with Crippen LogP contribution in [0.3, 0.4) is 0 Å². The van der Waals surface area contributed by atoms with Gasteiger partial charge in [0, 0.05) is 18.0 Å². The number of rotatable bonds is 5. The van der Waals surface area contributed by atoms with Crippen LogP contribution in [0.25, 0.3) is 11.1 Å². The molecule has 30 heavy (non-hydrogen) atoms. The Bertz CT molecular complexity index is 1100. The summed E-state index contributed by atoms with van der Waals surface area (Å²) in [5.74, 6) is 0.305. The highest BCUT2D eigenvalue weighted by Gasteiger charge is 2.22. The molecule has 6 heteroatoms. The molecule has 0 saturated carbocycles. The lowest BCUT2D eigenvalue weighted by molar-refractivity contribution is 0.0601. The molecule has 0 amide bonds. The third kappa shape index (κ3) is 4.08. The van der Waals surface area contributed by atoms with Gasteiger partial charge in [0.15, 0.2) is 0 Å². The van der Waals surface area contributed by atoms with E-state index in [0.717, 1.165) is 23.3 Å². The highest BCUT2D eigenvalue weighted by molar-refractivity contribution is 5.95. The van der Waals surface area contributed by atoms with E-state index in [-0.39, 0.29) is 11.7 Å². The first-order valence-corrected chi connectivity index (χ1v) is 9.74. The van der Waals surface area contributed by atoms with E-state index >= 15 is 0 Å². The molecule has 0 fully saturated rings. The Morgan fingerprint density at radius 2 is 2.17 bits per heavy atom. The maximum atomic E-state index is 14.1. The average Bonchev–Trinajstić information content (AvgIpc) is 2.79. The Labute approximate surface area is 174 Å². The van der Waals surface area contributed by atoms with Gasteiger partial charge >= 0.3 is 5.97 Å². The van der Waals surface area contributed by atoms with Gasteiger partial charge in [0.1, 0.15) is 11.6 Å². The van der Waals surface area contributed by atoms with E-state index in [2.05, 4.69) is 9.98 Å². The summed E-state index contributed by atoms with van der Waals surface area (Å²) in [4.78, 5) is 20.3. The molecular weight excluding hydrogens is 383 g/mol. The molecule has 0 radical (unpaired) electrons. The van der Waals surface area contributed by atoms with Crippen molar-refractivity contribution < 1.29 is 18.7 Å². The zero-order valence-electron chi connectivity index (χ0n) is 16.5. The third-order valence-electron chi connectivity index (χ3n) is 5.19. The van der Waals surface area contributed by atoms with Crippen LogP contribution >= 0.6 is 0 Å². The van der Waals surface area contributed by atoms with Gasteiger partial charge in [-0.3, -0.25) is 9.98 Å². The summed E-state index contributed by atoms with van der Waals surface area (Å²) in [6, 6.07) is 14.1. The van der Waals surface area contributed by atoms with Gasteiger partial charge in [0.25, 0.3) is 0 Å². The molecule has 152 valence electrons. The van der Waals surface area contributed by atoms with E-state index in [1.54, 1.807) is 30.6 Å². The molecule has 0 spiro atoms. The SMILES string of the molecule is COC(=O)c1ccncc1N=CCC1CCOc2cc(-c3ccccc3F)ccc21. The number of aliphatic imine (C=N–C) groups is 1. The van der Waals surface area contributed by atoms with Crippen molar-refractivity contribution in [2.75, 3.05) is 13.7 Å². The van der Waals surface area contributed by atoms with Crippen molar-refractivity contribution in [2.45, 2.75) is 18.8 Å². The van der Waals surface area contributed by atoms with Crippen LogP contribution < -0.4 is 4.74 Å². The van der Waals surface area contributed by atoms with Crippen molar-refractivity contribution >= 4 is 17.9 Å². The van der Waals surface area contributed by atoms with Crippen LogP contribution in [0.5, 0.6) is 5.75 Å². The van der Waals surface area contributed by atoms with Crippen molar-refractivity contribution in [3.8, 4) is 16.9 Å². The minimum absolute atomic E-state index is 0.227. The minimum atomic E-state index is -0.443. The summed E-state index contributed by atoms with van der Waals surface area (Å²) in [7, 11) is 1.34. The molecule has 1 unspecified atom stereocenters. The van der Waals surface area contributed by atoms with E-state index in [0.29, 0.717) is 29.8 Å². The number of methoxy groups -OCH3 is 1. The number of carbonyl (C=O) groups is 1. The van der Waals surface area contributed by atoms with Gasteiger partial charge in [-0.1, -0.05) is 30.3 Å². The second kappa shape index (κ2) is 8.86. The Balaban J connectivity index is 1.54. The molecule has 1 aliphatic heterocycles. The fraction of sp³-hybridized carbons (Fsp3) is 0.208. The first-order valence-electron chi connectivity index (χ1n) is 9.74. The molecule has 1 aliphatic rings. The van der Waals surface area contributed by atoms with Crippen molar-refractivity contribution in [1.29, 1.82) is 0 Å². The van der Waals surface area contributed by atoms with Crippen LogP contribution in [-0.4, -0.2) is 30.9 Å². The van der Waals surface area contributed by atoms with Gasteiger partial charge in [-0.2, -0.15) is 0 Å². The first kappa shape index (κ1) is 19.8. The third-order valence-corrected chi connectivity index (χ3v) is 5.19. The molecule has 5 nitrogen and oxygen atoms in total. The quantitative estimate of drug-likeness (QED) is 0.426. The smallest absolute Gasteiger partial charge is 0.340 e. The molecule has 0 aliphatic carbocycles. The van der Waals surface area contributed by atoms with Gasteiger partial charge in [-0.25, -0.2) is 9.18 Å². The molecule has 2 heterocycles. The minimum Gasteiger partial charge on any atom is -0.493 e. The molecule has 2 aromatic carbocycles. The van der Waals surface area contributed by atoms with E-state index < -0.39 is 5.97 Å². The summed E-state index contributed by atoms with van der Waals surface area (Å²) in [6.45, 7) is 0.590. The van der Waals surface area contributed by atoms with Crippen molar-refractivity contribution in [2.24, 2.45) is 4.99 Å². The standard InChI is InChI=1S/C24H21FN2O3/c1-29-24(28)20-9-11-26-15-22(20)27-12-8-16-10-13-30-23-14-17(6-7-19(16)23)18-4-2-3-5-21(18)25/h2-7,9,11-12,14-16H,8,10,13H2,1H3. The molecule has 0 saturated heterocycles. The molecule has 0 bridgehead atoms. The predicted molar refractivity (Wildman–Crippen MR) is 113 cm³/mol. The largest absolute Gasteiger partial charge is 0.493 e. The lowest BCUT2D eigenvalue weighted by Crippen LogP contribution is -2.14. The fourth-order valence-corrected chi connectivity index (χ4v) is 3.62. The topological polar surface area (TPSA) is 60.8 Å². The van der Waals surface area contributed by atoms with Crippen LogP contribution in [0, 0.1) is 5.82 Å². The monoisotopic (exact) mass is 404 g/mol. The zero-order chi connectivity index (χ0) is 20.9. The van der Waals surface area contributed by atoms with Crippen LogP contribution in [0.4, 0.5) is 10.1 Å². The number of hydrogen-bond acceptors (Lipinski definition) is 5. The second-order valence-electron chi connectivity index (χ2n) is 7.00. The fourth-order valence-electron chi connectivity index (χ4n) is 3.62. The van der Waals surface area contributed by atoms with Gasteiger partial charge in [0.05, 0.1) is 31.2 Å². The highest BCUT2D eigenvalue weighted by atomic mass is 19.1. The van der Waals surface area contributed by atoms with Crippen LogP contribution in [0.2, 0.25) is 0 Å². The highest BCUT2D eigenvalue weighted by Crippen LogP contribution is 2.38. The number of fused-ring (bicyclic) bond motifs is 1. The summed E-state index contributed by atoms with van der Waals surface area (Å²) in [5, 5.41) is 0. The normalized spacial score (nSPS) is 15.5. The average molecular weight is 404 g/mol. The number of hydrogen-bond donors (Lipinski definition) is 0. The van der Waals surface area contributed by atoms with Crippen LogP contribution in [-0.2, 0) is 4.74 Å². The second-order valence-corrected chi connectivity index (χ2v) is 7.00. The predicted octanol–water partition coefficient (Wildman–Crippen LogP) is 5.33.